The summed E-state index contributed by atoms with van der Waals surface area (Å²) in [5.41, 5.74) is 0.884. The molecule has 0 bridgehead atoms. The van der Waals surface area contributed by atoms with E-state index < -0.39 is 0 Å². The maximum absolute atomic E-state index is 13.1. The van der Waals surface area contributed by atoms with Crippen LogP contribution in [0.1, 0.15) is 5.56 Å². The summed E-state index contributed by atoms with van der Waals surface area (Å²) < 4.78 is 13.1. The molecule has 2 N–H and O–H groups in total. The highest BCUT2D eigenvalue weighted by atomic mass is 19.1. The molecule has 0 atom stereocenters. The van der Waals surface area contributed by atoms with Gasteiger partial charge in [-0.3, -0.25) is 0 Å². The fourth-order valence-electron chi connectivity index (χ4n) is 2.30. The van der Waals surface area contributed by atoms with Gasteiger partial charge in [0.05, 0.1) is 0 Å². The van der Waals surface area contributed by atoms with Gasteiger partial charge in [0.1, 0.15) is 23.8 Å². The van der Waals surface area contributed by atoms with Crippen LogP contribution in [0, 0.1) is 5.82 Å². The third kappa shape index (κ3) is 3.28. The first-order valence-corrected chi connectivity index (χ1v) is 6.97. The van der Waals surface area contributed by atoms with Gasteiger partial charge in [0.2, 0.25) is 0 Å². The summed E-state index contributed by atoms with van der Waals surface area (Å²) in [7, 11) is 1.97. The maximum Gasteiger partial charge on any atom is 0.134 e. The number of likely N-dealkylation sites (N-methyl/N-ethyl adjacent to an activating group) is 1. The highest BCUT2D eigenvalue weighted by molar-refractivity contribution is 5.50. The molecule has 2 aromatic rings. The lowest BCUT2D eigenvalue weighted by Gasteiger charge is -2.39. The molecular weight excluding hydrogens is 269 g/mol. The Labute approximate surface area is 123 Å². The van der Waals surface area contributed by atoms with Crippen molar-refractivity contribution in [3.8, 4) is 0 Å². The van der Waals surface area contributed by atoms with Gasteiger partial charge < -0.3 is 15.5 Å². The second-order valence-corrected chi connectivity index (χ2v) is 5.14. The number of rotatable bonds is 5. The van der Waals surface area contributed by atoms with E-state index in [4.69, 9.17) is 0 Å². The van der Waals surface area contributed by atoms with Crippen molar-refractivity contribution in [1.29, 1.82) is 0 Å². The third-order valence-corrected chi connectivity index (χ3v) is 3.63. The van der Waals surface area contributed by atoms with Crippen molar-refractivity contribution < 1.29 is 4.39 Å². The lowest BCUT2D eigenvalue weighted by molar-refractivity contribution is 0.447. The van der Waals surface area contributed by atoms with Crippen molar-refractivity contribution in [1.82, 2.24) is 15.3 Å². The molecule has 6 heteroatoms. The average molecular weight is 287 g/mol. The molecule has 1 fully saturated rings. The molecule has 1 aromatic heterocycles. The van der Waals surface area contributed by atoms with Gasteiger partial charge in [-0.25, -0.2) is 14.4 Å². The Hall–Kier alpha value is -2.21. The van der Waals surface area contributed by atoms with Crippen LogP contribution >= 0.6 is 0 Å². The maximum atomic E-state index is 13.1. The molecule has 1 aliphatic heterocycles. The van der Waals surface area contributed by atoms with E-state index >= 15 is 0 Å². The molecular formula is C15H18FN5. The largest absolute Gasteiger partial charge is 0.366 e. The SMILES string of the molecule is CNC1CN(c2cc(NCc3cccc(F)c3)ncn2)C1. The number of hydrogen-bond donors (Lipinski definition) is 2. The monoisotopic (exact) mass is 287 g/mol. The Morgan fingerprint density at radius 1 is 1.29 bits per heavy atom. The molecule has 1 saturated heterocycles. The lowest BCUT2D eigenvalue weighted by Crippen LogP contribution is -2.57. The van der Waals surface area contributed by atoms with Gasteiger partial charge in [-0.15, -0.1) is 0 Å². The molecule has 3 rings (SSSR count). The Bertz CT molecular complexity index is 613. The molecule has 2 heterocycles. The number of hydrogen-bond acceptors (Lipinski definition) is 5. The van der Waals surface area contributed by atoms with Crippen molar-refractivity contribution in [3.63, 3.8) is 0 Å². The van der Waals surface area contributed by atoms with Crippen molar-refractivity contribution in [2.24, 2.45) is 0 Å². The lowest BCUT2D eigenvalue weighted by atomic mass is 10.1. The number of halogens is 1. The van der Waals surface area contributed by atoms with E-state index in [1.165, 1.54) is 12.1 Å². The summed E-state index contributed by atoms with van der Waals surface area (Å²) in [5, 5.41) is 6.43. The Morgan fingerprint density at radius 3 is 2.90 bits per heavy atom. The normalized spacial score (nSPS) is 14.9. The minimum atomic E-state index is -0.226. The molecule has 0 amide bonds. The summed E-state index contributed by atoms with van der Waals surface area (Å²) in [4.78, 5) is 10.7. The molecule has 0 unspecified atom stereocenters. The zero-order valence-corrected chi connectivity index (χ0v) is 11.9. The zero-order chi connectivity index (χ0) is 14.7. The second-order valence-electron chi connectivity index (χ2n) is 5.14. The van der Waals surface area contributed by atoms with Crippen LogP contribution in [0.2, 0.25) is 0 Å². The molecule has 0 aliphatic carbocycles. The van der Waals surface area contributed by atoms with Gasteiger partial charge in [-0.1, -0.05) is 12.1 Å². The summed E-state index contributed by atoms with van der Waals surface area (Å²) >= 11 is 0. The van der Waals surface area contributed by atoms with Gasteiger partial charge in [-0.2, -0.15) is 0 Å². The Morgan fingerprint density at radius 2 is 2.14 bits per heavy atom. The second kappa shape index (κ2) is 6.05. The van der Waals surface area contributed by atoms with Crippen LogP contribution in [0.5, 0.6) is 0 Å². The predicted molar refractivity (Wildman–Crippen MR) is 80.8 cm³/mol. The van der Waals surface area contributed by atoms with E-state index in [0.717, 1.165) is 30.3 Å². The first kappa shape index (κ1) is 13.8. The molecule has 0 radical (unpaired) electrons. The summed E-state index contributed by atoms with van der Waals surface area (Å²) in [6.07, 6.45) is 1.55. The van der Waals surface area contributed by atoms with Gasteiger partial charge in [0.25, 0.3) is 0 Å². The van der Waals surface area contributed by atoms with Crippen molar-refractivity contribution >= 4 is 11.6 Å². The van der Waals surface area contributed by atoms with Crippen LogP contribution in [0.4, 0.5) is 16.0 Å². The highest BCUT2D eigenvalue weighted by Crippen LogP contribution is 2.20. The van der Waals surface area contributed by atoms with Crippen molar-refractivity contribution in [2.45, 2.75) is 12.6 Å². The number of anilines is 2. The van der Waals surface area contributed by atoms with E-state index in [2.05, 4.69) is 25.5 Å². The van der Waals surface area contributed by atoms with Crippen LogP contribution in [0.3, 0.4) is 0 Å². The van der Waals surface area contributed by atoms with Gasteiger partial charge in [0, 0.05) is 31.7 Å². The molecule has 0 saturated carbocycles. The number of benzene rings is 1. The average Bonchev–Trinajstić information content (AvgIpc) is 2.45. The summed E-state index contributed by atoms with van der Waals surface area (Å²) in [5.74, 6) is 1.44. The van der Waals surface area contributed by atoms with E-state index in [-0.39, 0.29) is 5.82 Å². The third-order valence-electron chi connectivity index (χ3n) is 3.63. The van der Waals surface area contributed by atoms with Crippen LogP contribution < -0.4 is 15.5 Å². The van der Waals surface area contributed by atoms with Crippen LogP contribution in [0.25, 0.3) is 0 Å². The van der Waals surface area contributed by atoms with Crippen LogP contribution in [-0.2, 0) is 6.54 Å². The Balaban J connectivity index is 1.61. The van der Waals surface area contributed by atoms with Gasteiger partial charge in [0.15, 0.2) is 0 Å². The highest BCUT2D eigenvalue weighted by Gasteiger charge is 2.26. The zero-order valence-electron chi connectivity index (χ0n) is 11.9. The first-order valence-electron chi connectivity index (χ1n) is 6.97. The first-order chi connectivity index (χ1) is 10.2. The van der Waals surface area contributed by atoms with E-state index in [1.807, 2.05) is 19.2 Å². The van der Waals surface area contributed by atoms with Crippen LogP contribution in [0.15, 0.2) is 36.7 Å². The van der Waals surface area contributed by atoms with Crippen molar-refractivity contribution in [2.75, 3.05) is 30.4 Å². The molecule has 1 aliphatic rings. The molecule has 1 aromatic carbocycles. The van der Waals surface area contributed by atoms with Gasteiger partial charge >= 0.3 is 0 Å². The summed E-state index contributed by atoms with van der Waals surface area (Å²) in [6.45, 7) is 2.45. The smallest absolute Gasteiger partial charge is 0.134 e. The molecule has 0 spiro atoms. The Kier molecular flexibility index (Phi) is 3.96. The molecule has 110 valence electrons. The van der Waals surface area contributed by atoms with Crippen molar-refractivity contribution in [3.05, 3.63) is 48.0 Å². The van der Waals surface area contributed by atoms with E-state index in [1.54, 1.807) is 12.4 Å². The topological polar surface area (TPSA) is 53.1 Å². The minimum Gasteiger partial charge on any atom is -0.366 e. The standard InChI is InChI=1S/C15H18FN5/c1-17-13-8-21(9-13)15-6-14(19-10-20-15)18-7-11-3-2-4-12(16)5-11/h2-6,10,13,17H,7-9H2,1H3,(H,18,19,20). The number of nitrogens with one attached hydrogen (secondary N) is 2. The number of nitrogens with zero attached hydrogens (tertiary/aromatic N) is 3. The fraction of sp³-hybridized carbons (Fsp3) is 0.333. The fourth-order valence-corrected chi connectivity index (χ4v) is 2.30. The molecule has 21 heavy (non-hydrogen) atoms. The van der Waals surface area contributed by atoms with E-state index in [9.17, 15) is 4.39 Å². The van der Waals surface area contributed by atoms with Gasteiger partial charge in [-0.05, 0) is 24.7 Å². The minimum absolute atomic E-state index is 0.226. The van der Waals surface area contributed by atoms with Crippen LogP contribution in [-0.4, -0.2) is 36.1 Å². The quantitative estimate of drug-likeness (QED) is 0.875. The number of aromatic nitrogens is 2. The predicted octanol–water partition coefficient (Wildman–Crippen LogP) is 1.64. The molecule has 5 nitrogen and oxygen atoms in total. The van der Waals surface area contributed by atoms with E-state index in [0.29, 0.717) is 12.6 Å². The summed E-state index contributed by atoms with van der Waals surface area (Å²) in [6, 6.07) is 8.99.